The number of aryl methyl sites for hydroxylation is 2. The molecule has 1 heterocycles. The lowest BCUT2D eigenvalue weighted by Crippen LogP contribution is -2.53. The lowest BCUT2D eigenvalue weighted by molar-refractivity contribution is -0.144. The third-order valence-electron chi connectivity index (χ3n) is 3.95. The molecule has 6 heteroatoms. The quantitative estimate of drug-likeness (QED) is 0.856. The summed E-state index contributed by atoms with van der Waals surface area (Å²) in [5.74, 6) is -1.65. The number of hydrogen-bond acceptors (Lipinski definition) is 3. The topological polar surface area (TPSA) is 88.4 Å². The van der Waals surface area contributed by atoms with Crippen molar-refractivity contribution in [2.75, 3.05) is 0 Å². The van der Waals surface area contributed by atoms with Gasteiger partial charge in [0.15, 0.2) is 5.43 Å². The van der Waals surface area contributed by atoms with Crippen LogP contribution in [0, 0.1) is 6.92 Å². The van der Waals surface area contributed by atoms with Crippen molar-refractivity contribution >= 4 is 11.9 Å². The molecule has 0 bridgehead atoms. The highest BCUT2D eigenvalue weighted by atomic mass is 16.4. The SMILES string of the molecule is Cc1cc(=O)c(C(=O)NC2(C(=O)O)CCCC2)cn1C. The van der Waals surface area contributed by atoms with Gasteiger partial charge in [-0.05, 0) is 19.8 Å². The molecule has 1 saturated carbocycles. The highest BCUT2D eigenvalue weighted by molar-refractivity contribution is 5.97. The van der Waals surface area contributed by atoms with E-state index in [2.05, 4.69) is 5.32 Å². The Balaban J connectivity index is 2.31. The number of aliphatic carboxylic acids is 1. The van der Waals surface area contributed by atoms with E-state index in [0.717, 1.165) is 18.5 Å². The second kappa shape index (κ2) is 5.11. The van der Waals surface area contributed by atoms with Crippen LogP contribution in [0.3, 0.4) is 0 Å². The van der Waals surface area contributed by atoms with Crippen LogP contribution in [-0.2, 0) is 11.8 Å². The summed E-state index contributed by atoms with van der Waals surface area (Å²) >= 11 is 0. The molecule has 0 aromatic carbocycles. The summed E-state index contributed by atoms with van der Waals surface area (Å²) in [6.45, 7) is 1.76. The minimum atomic E-state index is -1.23. The molecule has 108 valence electrons. The van der Waals surface area contributed by atoms with E-state index in [9.17, 15) is 19.5 Å². The number of nitrogens with one attached hydrogen (secondary N) is 1. The minimum Gasteiger partial charge on any atom is -0.480 e. The maximum absolute atomic E-state index is 12.2. The van der Waals surface area contributed by atoms with Crippen LogP contribution >= 0.6 is 0 Å². The number of carbonyl (C=O) groups is 2. The first kappa shape index (κ1) is 14.3. The predicted octanol–water partition coefficient (Wildman–Crippen LogP) is 0.821. The summed E-state index contributed by atoms with van der Waals surface area (Å²) in [4.78, 5) is 35.5. The normalized spacial score (nSPS) is 16.9. The predicted molar refractivity (Wildman–Crippen MR) is 72.7 cm³/mol. The maximum atomic E-state index is 12.2. The van der Waals surface area contributed by atoms with Gasteiger partial charge in [-0.25, -0.2) is 4.79 Å². The highest BCUT2D eigenvalue weighted by Crippen LogP contribution is 2.30. The molecule has 1 aromatic heterocycles. The standard InChI is InChI=1S/C14H18N2O4/c1-9-7-11(17)10(8-16(9)2)12(18)15-14(13(19)20)5-3-4-6-14/h7-8H,3-6H2,1-2H3,(H,15,18)(H,19,20). The Morgan fingerprint density at radius 1 is 1.35 bits per heavy atom. The number of amides is 1. The van der Waals surface area contributed by atoms with Crippen molar-refractivity contribution in [3.8, 4) is 0 Å². The molecule has 20 heavy (non-hydrogen) atoms. The zero-order valence-electron chi connectivity index (χ0n) is 11.6. The second-order valence-electron chi connectivity index (χ2n) is 5.35. The van der Waals surface area contributed by atoms with Crippen LogP contribution in [0.1, 0.15) is 41.7 Å². The summed E-state index contributed by atoms with van der Waals surface area (Å²) in [5.41, 5.74) is -0.907. The molecular weight excluding hydrogens is 260 g/mol. The van der Waals surface area contributed by atoms with Gasteiger partial charge < -0.3 is 15.0 Å². The third-order valence-corrected chi connectivity index (χ3v) is 3.95. The first-order valence-corrected chi connectivity index (χ1v) is 6.59. The molecule has 1 aliphatic carbocycles. The fourth-order valence-electron chi connectivity index (χ4n) is 2.55. The van der Waals surface area contributed by atoms with Crippen LogP contribution in [0.4, 0.5) is 0 Å². The smallest absolute Gasteiger partial charge is 0.329 e. The van der Waals surface area contributed by atoms with Crippen LogP contribution in [0.25, 0.3) is 0 Å². The number of carboxylic acid groups (broad SMARTS) is 1. The lowest BCUT2D eigenvalue weighted by Gasteiger charge is -2.25. The van der Waals surface area contributed by atoms with E-state index in [1.165, 1.54) is 12.3 Å². The van der Waals surface area contributed by atoms with Crippen LogP contribution in [0.2, 0.25) is 0 Å². The molecule has 0 saturated heterocycles. The second-order valence-corrected chi connectivity index (χ2v) is 5.35. The fraction of sp³-hybridized carbons (Fsp3) is 0.500. The Labute approximate surface area is 116 Å². The largest absolute Gasteiger partial charge is 0.480 e. The van der Waals surface area contributed by atoms with Crippen molar-refractivity contribution in [3.63, 3.8) is 0 Å². The maximum Gasteiger partial charge on any atom is 0.329 e. The van der Waals surface area contributed by atoms with E-state index in [4.69, 9.17) is 0 Å². The van der Waals surface area contributed by atoms with Crippen molar-refractivity contribution in [3.05, 3.63) is 33.7 Å². The summed E-state index contributed by atoms with van der Waals surface area (Å²) in [7, 11) is 1.73. The summed E-state index contributed by atoms with van der Waals surface area (Å²) < 4.78 is 1.67. The molecular formula is C14H18N2O4. The number of hydrogen-bond donors (Lipinski definition) is 2. The third kappa shape index (κ3) is 2.45. The molecule has 1 fully saturated rings. The van der Waals surface area contributed by atoms with Crippen LogP contribution in [0.5, 0.6) is 0 Å². The Morgan fingerprint density at radius 3 is 2.50 bits per heavy atom. The summed E-state index contributed by atoms with van der Waals surface area (Å²) in [6, 6.07) is 1.37. The van der Waals surface area contributed by atoms with E-state index < -0.39 is 22.8 Å². The first-order valence-electron chi connectivity index (χ1n) is 6.59. The van der Waals surface area contributed by atoms with Gasteiger partial charge in [0.05, 0.1) is 0 Å². The summed E-state index contributed by atoms with van der Waals surface area (Å²) in [6.07, 6.45) is 3.77. The Kier molecular flexibility index (Phi) is 3.65. The van der Waals surface area contributed by atoms with E-state index >= 15 is 0 Å². The van der Waals surface area contributed by atoms with E-state index in [0.29, 0.717) is 12.8 Å². The number of aromatic nitrogens is 1. The molecule has 0 spiro atoms. The first-order chi connectivity index (χ1) is 9.35. The monoisotopic (exact) mass is 278 g/mol. The zero-order valence-corrected chi connectivity index (χ0v) is 11.6. The van der Waals surface area contributed by atoms with Crippen molar-refractivity contribution < 1.29 is 14.7 Å². The molecule has 1 aliphatic rings. The van der Waals surface area contributed by atoms with Crippen molar-refractivity contribution in [1.82, 2.24) is 9.88 Å². The number of rotatable bonds is 3. The van der Waals surface area contributed by atoms with Crippen molar-refractivity contribution in [1.29, 1.82) is 0 Å². The number of carbonyl (C=O) groups excluding carboxylic acids is 1. The fourth-order valence-corrected chi connectivity index (χ4v) is 2.55. The Morgan fingerprint density at radius 2 is 1.95 bits per heavy atom. The van der Waals surface area contributed by atoms with E-state index in [1.54, 1.807) is 18.5 Å². The Hall–Kier alpha value is -2.11. The van der Waals surface area contributed by atoms with E-state index in [1.807, 2.05) is 0 Å². The van der Waals surface area contributed by atoms with Crippen LogP contribution < -0.4 is 10.7 Å². The van der Waals surface area contributed by atoms with Gasteiger partial charge in [-0.15, -0.1) is 0 Å². The molecule has 0 unspecified atom stereocenters. The zero-order chi connectivity index (χ0) is 14.9. The van der Waals surface area contributed by atoms with Crippen molar-refractivity contribution in [2.45, 2.75) is 38.1 Å². The molecule has 0 aliphatic heterocycles. The van der Waals surface area contributed by atoms with Gasteiger partial charge in [-0.2, -0.15) is 0 Å². The van der Waals surface area contributed by atoms with Gasteiger partial charge in [-0.3, -0.25) is 9.59 Å². The van der Waals surface area contributed by atoms with Crippen LogP contribution in [0.15, 0.2) is 17.1 Å². The number of pyridine rings is 1. The molecule has 0 atom stereocenters. The van der Waals surface area contributed by atoms with Gasteiger partial charge in [0, 0.05) is 25.0 Å². The Bertz CT molecular complexity index is 612. The highest BCUT2D eigenvalue weighted by Gasteiger charge is 2.43. The average Bonchev–Trinajstić information content (AvgIpc) is 2.83. The molecule has 2 N–H and O–H groups in total. The average molecular weight is 278 g/mol. The van der Waals surface area contributed by atoms with Crippen molar-refractivity contribution in [2.24, 2.45) is 7.05 Å². The van der Waals surface area contributed by atoms with Gasteiger partial charge in [-0.1, -0.05) is 12.8 Å². The molecule has 1 aromatic rings. The molecule has 0 radical (unpaired) electrons. The molecule has 1 amide bonds. The van der Waals surface area contributed by atoms with Gasteiger partial charge in [0.2, 0.25) is 0 Å². The lowest BCUT2D eigenvalue weighted by atomic mass is 9.97. The van der Waals surface area contributed by atoms with Crippen LogP contribution in [-0.4, -0.2) is 27.1 Å². The van der Waals surface area contributed by atoms with Gasteiger partial charge in [0.25, 0.3) is 5.91 Å². The minimum absolute atomic E-state index is 0.0226. The molecule has 6 nitrogen and oxygen atoms in total. The molecule has 2 rings (SSSR count). The summed E-state index contributed by atoms with van der Waals surface area (Å²) in [5, 5.41) is 11.9. The number of carboxylic acids is 1. The number of nitrogens with zero attached hydrogens (tertiary/aromatic N) is 1. The van der Waals surface area contributed by atoms with E-state index in [-0.39, 0.29) is 5.56 Å². The van der Waals surface area contributed by atoms with Gasteiger partial charge in [0.1, 0.15) is 11.1 Å². The van der Waals surface area contributed by atoms with Gasteiger partial charge >= 0.3 is 5.97 Å².